The van der Waals surface area contributed by atoms with Crippen LogP contribution in [0.15, 0.2) is 18.2 Å². The minimum Gasteiger partial charge on any atom is -0.383 e. The highest BCUT2D eigenvalue weighted by Gasteiger charge is 2.31. The van der Waals surface area contributed by atoms with Gasteiger partial charge in [0.15, 0.2) is 0 Å². The summed E-state index contributed by atoms with van der Waals surface area (Å²) in [5.74, 6) is -1.45. The van der Waals surface area contributed by atoms with Gasteiger partial charge < -0.3 is 15.6 Å². The zero-order chi connectivity index (χ0) is 12.9. The average Bonchev–Trinajstić information content (AvgIpc) is 2.26. The van der Waals surface area contributed by atoms with E-state index in [9.17, 15) is 13.9 Å². The van der Waals surface area contributed by atoms with Crippen LogP contribution >= 0.6 is 0 Å². The van der Waals surface area contributed by atoms with Crippen molar-refractivity contribution >= 4 is 0 Å². The second-order valence-corrected chi connectivity index (χ2v) is 3.98. The van der Waals surface area contributed by atoms with E-state index in [-0.39, 0.29) is 18.6 Å². The topological polar surface area (TPSA) is 55.5 Å². The largest absolute Gasteiger partial charge is 0.383 e. The Balaban J connectivity index is 3.03. The number of benzene rings is 1. The Morgan fingerprint density at radius 3 is 2.65 bits per heavy atom. The van der Waals surface area contributed by atoms with Crippen molar-refractivity contribution < 1.29 is 18.6 Å². The van der Waals surface area contributed by atoms with Crippen molar-refractivity contribution in [2.45, 2.75) is 18.4 Å². The lowest BCUT2D eigenvalue weighted by atomic mass is 9.89. The zero-order valence-corrected chi connectivity index (χ0v) is 9.75. The number of rotatable bonds is 6. The molecule has 5 heteroatoms. The van der Waals surface area contributed by atoms with Gasteiger partial charge in [0, 0.05) is 18.7 Å². The molecule has 1 unspecified atom stereocenters. The molecule has 0 radical (unpaired) electrons. The minimum absolute atomic E-state index is 0.0363. The number of ether oxygens (including phenoxy) is 1. The number of aliphatic hydroxyl groups is 1. The predicted octanol–water partition coefficient (Wildman–Crippen LogP) is 1.54. The summed E-state index contributed by atoms with van der Waals surface area (Å²) in [6.45, 7) is 0.324. The van der Waals surface area contributed by atoms with Crippen molar-refractivity contribution in [3.8, 4) is 0 Å². The van der Waals surface area contributed by atoms with Crippen molar-refractivity contribution in [1.29, 1.82) is 0 Å². The average molecular weight is 245 g/mol. The van der Waals surface area contributed by atoms with Gasteiger partial charge in [-0.15, -0.1) is 0 Å². The first kappa shape index (κ1) is 14.0. The van der Waals surface area contributed by atoms with Crippen molar-refractivity contribution in [3.05, 3.63) is 35.4 Å². The molecule has 0 amide bonds. The number of nitrogens with two attached hydrogens (primary N) is 1. The van der Waals surface area contributed by atoms with Crippen LogP contribution < -0.4 is 5.73 Å². The van der Waals surface area contributed by atoms with Crippen LogP contribution in [0.3, 0.4) is 0 Å². The van der Waals surface area contributed by atoms with Crippen LogP contribution in [0.25, 0.3) is 0 Å². The molecule has 0 heterocycles. The fourth-order valence-corrected chi connectivity index (χ4v) is 1.78. The number of methoxy groups -OCH3 is 1. The van der Waals surface area contributed by atoms with E-state index in [4.69, 9.17) is 10.5 Å². The molecular formula is C12H17F2NO2. The van der Waals surface area contributed by atoms with Crippen molar-refractivity contribution in [2.75, 3.05) is 20.3 Å². The molecule has 1 aromatic carbocycles. The Bertz CT molecular complexity index is 374. The Labute approximate surface area is 99.2 Å². The number of hydrogen-bond acceptors (Lipinski definition) is 3. The normalized spacial score (nSPS) is 14.6. The third kappa shape index (κ3) is 3.46. The van der Waals surface area contributed by atoms with Gasteiger partial charge in [0.25, 0.3) is 0 Å². The molecule has 0 saturated carbocycles. The molecule has 96 valence electrons. The molecule has 3 nitrogen and oxygen atoms in total. The molecule has 1 rings (SSSR count). The van der Waals surface area contributed by atoms with Gasteiger partial charge in [-0.25, -0.2) is 8.78 Å². The Kier molecular flexibility index (Phi) is 4.99. The highest BCUT2D eigenvalue weighted by atomic mass is 19.1. The lowest BCUT2D eigenvalue weighted by Crippen LogP contribution is -2.33. The van der Waals surface area contributed by atoms with Gasteiger partial charge in [-0.1, -0.05) is 6.07 Å². The molecule has 0 aliphatic heterocycles. The second kappa shape index (κ2) is 6.05. The van der Waals surface area contributed by atoms with E-state index in [1.54, 1.807) is 0 Å². The van der Waals surface area contributed by atoms with E-state index in [1.165, 1.54) is 13.2 Å². The van der Waals surface area contributed by atoms with Crippen molar-refractivity contribution in [3.63, 3.8) is 0 Å². The summed E-state index contributed by atoms with van der Waals surface area (Å²) in [5, 5.41) is 10.3. The summed E-state index contributed by atoms with van der Waals surface area (Å²) in [6, 6.07) is 3.10. The molecule has 17 heavy (non-hydrogen) atoms. The molecular weight excluding hydrogens is 228 g/mol. The van der Waals surface area contributed by atoms with Crippen LogP contribution in [-0.2, 0) is 10.3 Å². The molecule has 3 N–H and O–H groups in total. The van der Waals surface area contributed by atoms with Crippen molar-refractivity contribution in [2.24, 2.45) is 5.73 Å². The van der Waals surface area contributed by atoms with Crippen LogP contribution in [0.1, 0.15) is 18.4 Å². The molecule has 0 bridgehead atoms. The van der Waals surface area contributed by atoms with Gasteiger partial charge in [-0.05, 0) is 25.5 Å². The molecule has 0 spiro atoms. The van der Waals surface area contributed by atoms with Gasteiger partial charge in [-0.2, -0.15) is 0 Å². The summed E-state index contributed by atoms with van der Waals surface area (Å²) in [6.07, 6.45) is 0.788. The van der Waals surface area contributed by atoms with Crippen LogP contribution in [0.2, 0.25) is 0 Å². The first-order valence-corrected chi connectivity index (χ1v) is 5.40. The van der Waals surface area contributed by atoms with Crippen LogP contribution in [0.5, 0.6) is 0 Å². The van der Waals surface area contributed by atoms with Crippen LogP contribution in [-0.4, -0.2) is 25.4 Å². The van der Waals surface area contributed by atoms with E-state index in [1.807, 2.05) is 0 Å². The van der Waals surface area contributed by atoms with E-state index >= 15 is 0 Å². The van der Waals surface area contributed by atoms with E-state index in [2.05, 4.69) is 0 Å². The lowest BCUT2D eigenvalue weighted by molar-refractivity contribution is -0.0453. The van der Waals surface area contributed by atoms with Gasteiger partial charge in [0.1, 0.15) is 17.2 Å². The molecule has 0 aliphatic carbocycles. The molecule has 0 aromatic heterocycles. The van der Waals surface area contributed by atoms with E-state index < -0.39 is 17.2 Å². The number of halogens is 2. The Morgan fingerprint density at radius 1 is 1.41 bits per heavy atom. The summed E-state index contributed by atoms with van der Waals surface area (Å²) in [5.41, 5.74) is 3.94. The summed E-state index contributed by atoms with van der Waals surface area (Å²) in [7, 11) is 1.41. The third-order valence-electron chi connectivity index (χ3n) is 2.61. The van der Waals surface area contributed by atoms with Crippen LogP contribution in [0.4, 0.5) is 8.78 Å². The zero-order valence-electron chi connectivity index (χ0n) is 9.75. The molecule has 0 saturated heterocycles. The number of hydrogen-bond donors (Lipinski definition) is 2. The fourth-order valence-electron chi connectivity index (χ4n) is 1.78. The van der Waals surface area contributed by atoms with Gasteiger partial charge in [-0.3, -0.25) is 0 Å². The van der Waals surface area contributed by atoms with Crippen molar-refractivity contribution in [1.82, 2.24) is 0 Å². The maximum Gasteiger partial charge on any atom is 0.132 e. The standard InChI is InChI=1S/C12H17F2NO2/c1-17-8-12(16,5-2-6-15)10-4-3-9(13)7-11(10)14/h3-4,7,16H,2,5-6,8,15H2,1H3. The SMILES string of the molecule is COCC(O)(CCCN)c1ccc(F)cc1F. The fraction of sp³-hybridized carbons (Fsp3) is 0.500. The quantitative estimate of drug-likeness (QED) is 0.799. The first-order valence-electron chi connectivity index (χ1n) is 5.40. The molecule has 0 aliphatic rings. The predicted molar refractivity (Wildman–Crippen MR) is 60.4 cm³/mol. The van der Waals surface area contributed by atoms with Crippen LogP contribution in [0, 0.1) is 11.6 Å². The lowest BCUT2D eigenvalue weighted by Gasteiger charge is -2.28. The molecule has 0 fully saturated rings. The Hall–Kier alpha value is -1.04. The smallest absolute Gasteiger partial charge is 0.132 e. The van der Waals surface area contributed by atoms with E-state index in [0.717, 1.165) is 12.1 Å². The highest BCUT2D eigenvalue weighted by Crippen LogP contribution is 2.29. The summed E-state index contributed by atoms with van der Waals surface area (Å²) < 4.78 is 31.3. The minimum atomic E-state index is -1.47. The van der Waals surface area contributed by atoms with E-state index in [0.29, 0.717) is 13.0 Å². The molecule has 1 atom stereocenters. The maximum absolute atomic E-state index is 13.6. The summed E-state index contributed by atoms with van der Waals surface area (Å²) >= 11 is 0. The highest BCUT2D eigenvalue weighted by molar-refractivity contribution is 5.25. The second-order valence-electron chi connectivity index (χ2n) is 3.98. The maximum atomic E-state index is 13.6. The van der Waals surface area contributed by atoms with Gasteiger partial charge in [0.05, 0.1) is 6.61 Å². The monoisotopic (exact) mass is 245 g/mol. The Morgan fingerprint density at radius 2 is 2.12 bits per heavy atom. The first-order chi connectivity index (χ1) is 8.03. The molecule has 1 aromatic rings. The third-order valence-corrected chi connectivity index (χ3v) is 2.61. The van der Waals surface area contributed by atoms with Gasteiger partial charge in [0.2, 0.25) is 0 Å². The van der Waals surface area contributed by atoms with Gasteiger partial charge >= 0.3 is 0 Å². The summed E-state index contributed by atoms with van der Waals surface area (Å²) in [4.78, 5) is 0.